The van der Waals surface area contributed by atoms with Gasteiger partial charge in [-0.3, -0.25) is 0 Å². The molecule has 1 rings (SSSR count). The van der Waals surface area contributed by atoms with Crippen LogP contribution in [0.4, 0.5) is 0 Å². The molecule has 0 spiro atoms. The van der Waals surface area contributed by atoms with E-state index in [9.17, 15) is 0 Å². The molecule has 0 saturated heterocycles. The Morgan fingerprint density at radius 1 is 1.13 bits per heavy atom. The summed E-state index contributed by atoms with van der Waals surface area (Å²) >= 11 is 0. The summed E-state index contributed by atoms with van der Waals surface area (Å²) in [7, 11) is 0. The van der Waals surface area contributed by atoms with E-state index < -0.39 is 0 Å². The second kappa shape index (κ2) is 7.73. The number of hydrogen-bond acceptors (Lipinski definition) is 0. The van der Waals surface area contributed by atoms with E-state index >= 15 is 0 Å². The summed E-state index contributed by atoms with van der Waals surface area (Å²) in [4.78, 5) is 0. The minimum Gasteiger partial charge on any atom is -0.0842 e. The Labute approximate surface area is 96.5 Å². The molecule has 15 heavy (non-hydrogen) atoms. The Balaban J connectivity index is 0.000000921. The van der Waals surface area contributed by atoms with E-state index in [-0.39, 0.29) is 0 Å². The molecule has 0 amide bonds. The first-order valence-corrected chi connectivity index (χ1v) is 6.52. The van der Waals surface area contributed by atoms with Crippen molar-refractivity contribution in [2.45, 2.75) is 60.8 Å². The number of rotatable bonds is 1. The quantitative estimate of drug-likeness (QED) is 0.544. The fourth-order valence-corrected chi connectivity index (χ4v) is 2.45. The third-order valence-corrected chi connectivity index (χ3v) is 3.20. The molecule has 0 aromatic carbocycles. The van der Waals surface area contributed by atoms with Gasteiger partial charge in [0.05, 0.1) is 0 Å². The van der Waals surface area contributed by atoms with Crippen LogP contribution in [0, 0.1) is 11.8 Å². The van der Waals surface area contributed by atoms with Crippen molar-refractivity contribution in [2.75, 3.05) is 0 Å². The lowest BCUT2D eigenvalue weighted by molar-refractivity contribution is 0.385. The first-order valence-electron chi connectivity index (χ1n) is 6.52. The molecule has 0 radical (unpaired) electrons. The van der Waals surface area contributed by atoms with Gasteiger partial charge in [-0.05, 0) is 56.1 Å². The van der Waals surface area contributed by atoms with Gasteiger partial charge in [-0.1, -0.05) is 39.8 Å². The van der Waals surface area contributed by atoms with Crippen LogP contribution in [-0.4, -0.2) is 0 Å². The van der Waals surface area contributed by atoms with E-state index in [0.717, 1.165) is 11.8 Å². The minimum absolute atomic E-state index is 0.793. The van der Waals surface area contributed by atoms with Gasteiger partial charge in [-0.25, -0.2) is 0 Å². The third kappa shape index (κ3) is 3.85. The van der Waals surface area contributed by atoms with Crippen LogP contribution in [0.25, 0.3) is 0 Å². The Kier molecular flexibility index (Phi) is 7.46. The highest BCUT2D eigenvalue weighted by molar-refractivity contribution is 5.34. The van der Waals surface area contributed by atoms with Crippen LogP contribution in [0.3, 0.4) is 0 Å². The van der Waals surface area contributed by atoms with Gasteiger partial charge >= 0.3 is 0 Å². The summed E-state index contributed by atoms with van der Waals surface area (Å²) < 4.78 is 0. The van der Waals surface area contributed by atoms with Gasteiger partial charge in [0.15, 0.2) is 0 Å². The van der Waals surface area contributed by atoms with Gasteiger partial charge in [0.2, 0.25) is 0 Å². The van der Waals surface area contributed by atoms with Crippen molar-refractivity contribution in [2.24, 2.45) is 11.8 Å². The van der Waals surface area contributed by atoms with Gasteiger partial charge < -0.3 is 0 Å². The Hall–Kier alpha value is -0.520. The first-order chi connectivity index (χ1) is 7.20. The van der Waals surface area contributed by atoms with Crippen LogP contribution in [0.2, 0.25) is 0 Å². The monoisotopic (exact) mass is 208 g/mol. The Bertz CT molecular complexity index is 218. The summed E-state index contributed by atoms with van der Waals surface area (Å²) in [6, 6.07) is 0. The van der Waals surface area contributed by atoms with Crippen LogP contribution in [0.15, 0.2) is 23.3 Å². The lowest BCUT2D eigenvalue weighted by Crippen LogP contribution is -2.17. The molecule has 0 N–H and O–H groups in total. The zero-order chi connectivity index (χ0) is 11.8. The standard InChI is InChI=1S/C13H22.C2H6/c1-5-11-8-7-9-13(10(3)4)12(11)6-2;1-2/h5-6,10,13H,7-9H2,1-4H3;1-2H3/b11-5-,12-6+;. The Morgan fingerprint density at radius 3 is 2.13 bits per heavy atom. The minimum atomic E-state index is 0.793. The molecule has 1 saturated carbocycles. The van der Waals surface area contributed by atoms with Crippen LogP contribution in [0.1, 0.15) is 60.8 Å². The SMILES string of the molecule is C/C=C1/CCCC(C(C)C)/C1=C/C.CC. The maximum atomic E-state index is 2.34. The molecule has 0 nitrogen and oxygen atoms in total. The summed E-state index contributed by atoms with van der Waals surface area (Å²) in [5.41, 5.74) is 3.20. The highest BCUT2D eigenvalue weighted by Gasteiger charge is 2.23. The van der Waals surface area contributed by atoms with Gasteiger partial charge in [0, 0.05) is 0 Å². The van der Waals surface area contributed by atoms with Crippen LogP contribution in [-0.2, 0) is 0 Å². The van der Waals surface area contributed by atoms with E-state index in [1.807, 2.05) is 13.8 Å². The topological polar surface area (TPSA) is 0 Å². The summed E-state index contributed by atoms with van der Waals surface area (Å²) in [5, 5.41) is 0. The first kappa shape index (κ1) is 14.5. The van der Waals surface area contributed by atoms with Crippen LogP contribution >= 0.6 is 0 Å². The predicted octanol–water partition coefficient (Wildman–Crippen LogP) is 5.36. The average molecular weight is 208 g/mol. The number of allylic oxidation sites excluding steroid dienone is 4. The average Bonchev–Trinajstić information content (AvgIpc) is 2.30. The maximum Gasteiger partial charge on any atom is -0.0139 e. The zero-order valence-electron chi connectivity index (χ0n) is 11.4. The molecule has 1 aliphatic carbocycles. The van der Waals surface area contributed by atoms with Gasteiger partial charge in [-0.15, -0.1) is 0 Å². The smallest absolute Gasteiger partial charge is 0.0139 e. The van der Waals surface area contributed by atoms with Gasteiger partial charge in [0.25, 0.3) is 0 Å². The van der Waals surface area contributed by atoms with Crippen molar-refractivity contribution < 1.29 is 0 Å². The molecular formula is C15H28. The van der Waals surface area contributed by atoms with Crippen molar-refractivity contribution in [3.05, 3.63) is 23.3 Å². The lowest BCUT2D eigenvalue weighted by atomic mass is 9.75. The van der Waals surface area contributed by atoms with E-state index in [1.165, 1.54) is 19.3 Å². The second-order valence-corrected chi connectivity index (χ2v) is 4.30. The predicted molar refractivity (Wildman–Crippen MR) is 71.0 cm³/mol. The van der Waals surface area contributed by atoms with Crippen molar-refractivity contribution in [1.29, 1.82) is 0 Å². The molecule has 1 atom stereocenters. The summed E-state index contributed by atoms with van der Waals surface area (Å²) in [6.07, 6.45) is 8.66. The molecule has 0 bridgehead atoms. The fraction of sp³-hybridized carbons (Fsp3) is 0.733. The zero-order valence-corrected chi connectivity index (χ0v) is 11.4. The molecule has 0 aromatic heterocycles. The molecule has 1 aliphatic rings. The third-order valence-electron chi connectivity index (χ3n) is 3.20. The molecule has 0 heteroatoms. The second-order valence-electron chi connectivity index (χ2n) is 4.30. The van der Waals surface area contributed by atoms with Crippen LogP contribution in [0.5, 0.6) is 0 Å². The molecule has 1 unspecified atom stereocenters. The van der Waals surface area contributed by atoms with Gasteiger partial charge in [-0.2, -0.15) is 0 Å². The molecule has 0 aliphatic heterocycles. The van der Waals surface area contributed by atoms with E-state index in [4.69, 9.17) is 0 Å². The largest absolute Gasteiger partial charge is 0.0842 e. The molecule has 1 fully saturated rings. The normalized spacial score (nSPS) is 26.7. The number of hydrogen-bond donors (Lipinski definition) is 0. The molecule has 0 aromatic rings. The molecular weight excluding hydrogens is 180 g/mol. The van der Waals surface area contributed by atoms with Crippen LogP contribution < -0.4 is 0 Å². The van der Waals surface area contributed by atoms with E-state index in [1.54, 1.807) is 11.1 Å². The van der Waals surface area contributed by atoms with Crippen molar-refractivity contribution >= 4 is 0 Å². The Morgan fingerprint density at radius 2 is 1.73 bits per heavy atom. The van der Waals surface area contributed by atoms with Gasteiger partial charge in [0.1, 0.15) is 0 Å². The maximum absolute atomic E-state index is 2.34. The van der Waals surface area contributed by atoms with Crippen molar-refractivity contribution in [1.82, 2.24) is 0 Å². The summed E-state index contributed by atoms with van der Waals surface area (Å²) in [6.45, 7) is 13.0. The molecule has 88 valence electrons. The highest BCUT2D eigenvalue weighted by Crippen LogP contribution is 2.37. The fourth-order valence-electron chi connectivity index (χ4n) is 2.45. The molecule has 0 heterocycles. The highest BCUT2D eigenvalue weighted by atomic mass is 14.3. The van der Waals surface area contributed by atoms with Crippen molar-refractivity contribution in [3.63, 3.8) is 0 Å². The van der Waals surface area contributed by atoms with E-state index in [0.29, 0.717) is 0 Å². The van der Waals surface area contributed by atoms with E-state index in [2.05, 4.69) is 39.8 Å². The lowest BCUT2D eigenvalue weighted by Gasteiger charge is -2.30. The van der Waals surface area contributed by atoms with Crippen molar-refractivity contribution in [3.8, 4) is 0 Å². The summed E-state index contributed by atoms with van der Waals surface area (Å²) in [5.74, 6) is 1.60.